The van der Waals surface area contributed by atoms with Crippen LogP contribution in [0.15, 0.2) is 36.4 Å². The third-order valence-electron chi connectivity index (χ3n) is 5.99. The van der Waals surface area contributed by atoms with E-state index in [1.807, 2.05) is 25.1 Å². The maximum absolute atomic E-state index is 14.7. The number of nitrogens with one attached hydrogen (secondary N) is 2. The van der Waals surface area contributed by atoms with Crippen LogP contribution in [0.4, 0.5) is 18.9 Å². The first-order valence-electron chi connectivity index (χ1n) is 10.8. The Morgan fingerprint density at radius 3 is 2.70 bits per heavy atom. The van der Waals surface area contributed by atoms with E-state index in [2.05, 4.69) is 15.6 Å². The molecule has 0 amide bonds. The Morgan fingerprint density at radius 2 is 2.00 bits per heavy atom. The predicted molar refractivity (Wildman–Crippen MR) is 121 cm³/mol. The molecule has 3 aromatic rings. The molecule has 0 bridgehead atoms. The number of hydrogen-bond acceptors (Lipinski definition) is 6. The average molecular weight is 461 g/mol. The summed E-state index contributed by atoms with van der Waals surface area (Å²) in [5.41, 5.74) is 2.41. The van der Waals surface area contributed by atoms with Gasteiger partial charge in [-0.15, -0.1) is 0 Å². The van der Waals surface area contributed by atoms with Gasteiger partial charge in [0, 0.05) is 53.6 Å². The van der Waals surface area contributed by atoms with Crippen LogP contribution in [0.2, 0.25) is 0 Å². The fourth-order valence-corrected chi connectivity index (χ4v) is 4.31. The Kier molecular flexibility index (Phi) is 6.73. The molecule has 2 heterocycles. The predicted octanol–water partition coefficient (Wildman–Crippen LogP) is 5.14. The van der Waals surface area contributed by atoms with Crippen molar-refractivity contribution < 1.29 is 23.1 Å². The van der Waals surface area contributed by atoms with Crippen molar-refractivity contribution in [2.24, 2.45) is 0 Å². The van der Waals surface area contributed by atoms with E-state index in [0.717, 1.165) is 22.7 Å². The summed E-state index contributed by atoms with van der Waals surface area (Å²) in [6, 6.07) is 8.69. The number of hydroxylamine groups is 2. The van der Waals surface area contributed by atoms with Gasteiger partial charge in [-0.05, 0) is 26.0 Å². The maximum Gasteiger partial charge on any atom is 0.266 e. The molecule has 2 unspecified atom stereocenters. The van der Waals surface area contributed by atoms with Gasteiger partial charge in [0.15, 0.2) is 0 Å². The summed E-state index contributed by atoms with van der Waals surface area (Å²) >= 11 is 0. The summed E-state index contributed by atoms with van der Waals surface area (Å²) in [5, 5.41) is 19.0. The number of ether oxygens (including phenoxy) is 1. The molecule has 0 radical (unpaired) electrons. The van der Waals surface area contributed by atoms with E-state index in [1.54, 1.807) is 14.0 Å². The van der Waals surface area contributed by atoms with Crippen LogP contribution in [0.3, 0.4) is 0 Å². The number of aromatic nitrogens is 1. The summed E-state index contributed by atoms with van der Waals surface area (Å²) in [4.78, 5) is 4.60. The SMILES string of the molecule is COc1cc2nc(C)cc(NC(C)c3cccc(C(F)F)c3F)c2cc1C1CNCCN1O. The minimum absolute atomic E-state index is 0.155. The number of fused-ring (bicyclic) bond motifs is 1. The van der Waals surface area contributed by atoms with Gasteiger partial charge in [-0.1, -0.05) is 18.2 Å². The van der Waals surface area contributed by atoms with Crippen molar-refractivity contribution in [2.45, 2.75) is 32.4 Å². The molecule has 1 aromatic heterocycles. The smallest absolute Gasteiger partial charge is 0.266 e. The molecule has 1 aliphatic rings. The molecule has 1 fully saturated rings. The highest BCUT2D eigenvalue weighted by Crippen LogP contribution is 2.37. The first-order chi connectivity index (χ1) is 15.8. The Hall–Kier alpha value is -2.88. The van der Waals surface area contributed by atoms with Crippen LogP contribution < -0.4 is 15.4 Å². The van der Waals surface area contributed by atoms with Crippen molar-refractivity contribution >= 4 is 16.6 Å². The van der Waals surface area contributed by atoms with Crippen molar-refractivity contribution in [1.82, 2.24) is 15.4 Å². The molecule has 2 aromatic carbocycles. The highest BCUT2D eigenvalue weighted by Gasteiger charge is 2.27. The van der Waals surface area contributed by atoms with Gasteiger partial charge in [-0.2, -0.15) is 5.06 Å². The second-order valence-corrected chi connectivity index (χ2v) is 8.22. The lowest BCUT2D eigenvalue weighted by atomic mass is 9.99. The average Bonchev–Trinajstić information content (AvgIpc) is 2.78. The molecule has 1 saturated heterocycles. The minimum Gasteiger partial charge on any atom is -0.496 e. The number of nitrogens with zero attached hydrogens (tertiary/aromatic N) is 2. The summed E-state index contributed by atoms with van der Waals surface area (Å²) < 4.78 is 46.7. The minimum atomic E-state index is -2.89. The van der Waals surface area contributed by atoms with Crippen molar-refractivity contribution in [3.63, 3.8) is 0 Å². The molecular formula is C24H27F3N4O2. The molecule has 0 aliphatic carbocycles. The lowest BCUT2D eigenvalue weighted by Gasteiger charge is -2.32. The molecule has 0 saturated carbocycles. The van der Waals surface area contributed by atoms with Gasteiger partial charge in [0.1, 0.15) is 11.6 Å². The van der Waals surface area contributed by atoms with Gasteiger partial charge >= 0.3 is 0 Å². The van der Waals surface area contributed by atoms with E-state index in [1.165, 1.54) is 17.2 Å². The van der Waals surface area contributed by atoms with E-state index in [-0.39, 0.29) is 11.6 Å². The van der Waals surface area contributed by atoms with Gasteiger partial charge in [-0.3, -0.25) is 4.98 Å². The van der Waals surface area contributed by atoms with E-state index in [0.29, 0.717) is 36.6 Å². The Morgan fingerprint density at radius 1 is 1.24 bits per heavy atom. The van der Waals surface area contributed by atoms with Crippen LogP contribution in [0.1, 0.15) is 47.8 Å². The molecule has 9 heteroatoms. The Balaban J connectivity index is 1.77. The topological polar surface area (TPSA) is 69.7 Å². The van der Waals surface area contributed by atoms with Crippen LogP contribution in [0.5, 0.6) is 5.75 Å². The van der Waals surface area contributed by atoms with E-state index >= 15 is 0 Å². The highest BCUT2D eigenvalue weighted by molar-refractivity contribution is 5.93. The zero-order chi connectivity index (χ0) is 23.7. The van der Waals surface area contributed by atoms with Gasteiger partial charge in [-0.25, -0.2) is 13.2 Å². The fourth-order valence-electron chi connectivity index (χ4n) is 4.31. The van der Waals surface area contributed by atoms with Gasteiger partial charge in [0.2, 0.25) is 0 Å². The number of halogens is 3. The largest absolute Gasteiger partial charge is 0.496 e. The number of anilines is 1. The second-order valence-electron chi connectivity index (χ2n) is 8.22. The molecule has 176 valence electrons. The normalized spacial score (nSPS) is 18.0. The number of benzene rings is 2. The fraction of sp³-hybridized carbons (Fsp3) is 0.375. The third kappa shape index (κ3) is 4.62. The summed E-state index contributed by atoms with van der Waals surface area (Å²) in [6.45, 7) is 5.26. The first kappa shape index (κ1) is 23.3. The van der Waals surface area contributed by atoms with Crippen LogP contribution >= 0.6 is 0 Å². The summed E-state index contributed by atoms with van der Waals surface area (Å²) in [6.07, 6.45) is -2.89. The number of rotatable bonds is 6. The lowest BCUT2D eigenvalue weighted by molar-refractivity contribution is -0.138. The number of methoxy groups -OCH3 is 1. The maximum atomic E-state index is 14.7. The third-order valence-corrected chi connectivity index (χ3v) is 5.99. The number of hydrogen-bond donors (Lipinski definition) is 3. The number of aryl methyl sites for hydroxylation is 1. The Bertz CT molecular complexity index is 1160. The number of pyridine rings is 1. The van der Waals surface area contributed by atoms with Crippen LogP contribution in [0, 0.1) is 12.7 Å². The Labute approximate surface area is 190 Å². The highest BCUT2D eigenvalue weighted by atomic mass is 19.3. The molecule has 1 aliphatic heterocycles. The second kappa shape index (κ2) is 9.54. The zero-order valence-corrected chi connectivity index (χ0v) is 18.7. The molecule has 33 heavy (non-hydrogen) atoms. The first-order valence-corrected chi connectivity index (χ1v) is 10.8. The van der Waals surface area contributed by atoms with Crippen molar-refractivity contribution in [3.8, 4) is 5.75 Å². The number of piperazine rings is 1. The monoisotopic (exact) mass is 460 g/mol. The van der Waals surface area contributed by atoms with Crippen molar-refractivity contribution in [2.75, 3.05) is 32.1 Å². The van der Waals surface area contributed by atoms with E-state index in [9.17, 15) is 18.4 Å². The molecular weight excluding hydrogens is 433 g/mol. The summed E-state index contributed by atoms with van der Waals surface area (Å²) in [7, 11) is 1.57. The molecule has 2 atom stereocenters. The standard InChI is InChI=1S/C24H27F3N4O2/c1-13-9-19(30-14(2)15-5-4-6-16(23(15)25)24(26)27)17-10-18(21-12-28-7-8-31(21)32)22(33-3)11-20(17)29-13/h4-6,9-11,14,21,24,28,32H,7-8,12H2,1-3H3,(H,29,30). The lowest BCUT2D eigenvalue weighted by Crippen LogP contribution is -2.44. The molecule has 4 rings (SSSR count). The van der Waals surface area contributed by atoms with Gasteiger partial charge < -0.3 is 20.6 Å². The zero-order valence-electron chi connectivity index (χ0n) is 18.7. The molecule has 0 spiro atoms. The van der Waals surface area contributed by atoms with Crippen LogP contribution in [-0.2, 0) is 0 Å². The van der Waals surface area contributed by atoms with Crippen molar-refractivity contribution in [1.29, 1.82) is 0 Å². The van der Waals surface area contributed by atoms with Gasteiger partial charge in [0.05, 0.1) is 30.3 Å². The molecule has 6 nitrogen and oxygen atoms in total. The van der Waals surface area contributed by atoms with E-state index in [4.69, 9.17) is 4.74 Å². The quantitative estimate of drug-likeness (QED) is 0.474. The van der Waals surface area contributed by atoms with Crippen LogP contribution in [-0.4, -0.2) is 42.0 Å². The number of alkyl halides is 2. The molecule has 3 N–H and O–H groups in total. The van der Waals surface area contributed by atoms with Crippen molar-refractivity contribution in [3.05, 3.63) is 64.6 Å². The summed E-state index contributed by atoms with van der Waals surface area (Å²) in [5.74, 6) is -0.308. The van der Waals surface area contributed by atoms with Crippen LogP contribution in [0.25, 0.3) is 10.9 Å². The van der Waals surface area contributed by atoms with E-state index < -0.39 is 23.8 Å². The van der Waals surface area contributed by atoms with Gasteiger partial charge in [0.25, 0.3) is 6.43 Å².